The Morgan fingerprint density at radius 1 is 0.646 bits per heavy atom. The number of aryl methyl sites for hydroxylation is 1. The first-order valence-electron chi connectivity index (χ1n) is 17.0. The molecule has 1 aliphatic carbocycles. The van der Waals surface area contributed by atoms with Crippen molar-refractivity contribution in [3.05, 3.63) is 155 Å². The zero-order valence-corrected chi connectivity index (χ0v) is 27.9. The molecule has 9 rings (SSSR count). The van der Waals surface area contributed by atoms with Gasteiger partial charge in [-0.05, 0) is 101 Å². The molecular weight excluding hydrogens is 583 g/mol. The van der Waals surface area contributed by atoms with E-state index in [1.54, 1.807) is 0 Å². The Labute approximate surface area is 283 Å². The van der Waals surface area contributed by atoms with Crippen molar-refractivity contribution in [3.63, 3.8) is 0 Å². The highest BCUT2D eigenvalue weighted by Gasteiger charge is 2.40. The first-order chi connectivity index (χ1) is 23.4. The van der Waals surface area contributed by atoms with Crippen LogP contribution in [0.15, 0.2) is 138 Å². The molecule has 2 aliphatic heterocycles. The second kappa shape index (κ2) is 10.7. The first-order valence-corrected chi connectivity index (χ1v) is 17.0. The smallest absolute Gasteiger partial charge is 0.0732 e. The van der Waals surface area contributed by atoms with E-state index in [9.17, 15) is 0 Å². The number of aliphatic imine (C=N–C) groups is 1. The molecule has 0 bridgehead atoms. The molecule has 1 aromatic heterocycles. The van der Waals surface area contributed by atoms with Gasteiger partial charge in [0.25, 0.3) is 0 Å². The van der Waals surface area contributed by atoms with E-state index in [4.69, 9.17) is 9.98 Å². The van der Waals surface area contributed by atoms with Crippen molar-refractivity contribution in [3.8, 4) is 44.6 Å². The number of fused-ring (bicyclic) bond motifs is 9. The Morgan fingerprint density at radius 2 is 1.33 bits per heavy atom. The molecule has 0 atom stereocenters. The number of rotatable bonds is 3. The van der Waals surface area contributed by atoms with E-state index < -0.39 is 0 Å². The Morgan fingerprint density at radius 3 is 2.12 bits per heavy atom. The molecule has 3 nitrogen and oxygen atoms in total. The van der Waals surface area contributed by atoms with E-state index >= 15 is 0 Å². The second-order valence-electron chi connectivity index (χ2n) is 13.8. The first kappa shape index (κ1) is 28.7. The van der Waals surface area contributed by atoms with Crippen LogP contribution in [-0.2, 0) is 5.41 Å². The van der Waals surface area contributed by atoms with Crippen LogP contribution >= 0.6 is 0 Å². The van der Waals surface area contributed by atoms with Gasteiger partial charge in [-0.1, -0.05) is 98.8 Å². The molecule has 232 valence electrons. The van der Waals surface area contributed by atoms with Crippen LogP contribution in [0.25, 0.3) is 44.6 Å². The Hall–Kier alpha value is -5.54. The SMILES string of the molecule is CC1=CCCN=C1c1cc(-c2ncccc2C)cc(N2c3ccccc3-c3ccc4c(c3-c3ccccc32)C(C)(C)c2ccccc2-4)c1. The number of allylic oxidation sites excluding steroid dienone is 1. The summed E-state index contributed by atoms with van der Waals surface area (Å²) in [5.41, 5.74) is 20.5. The van der Waals surface area contributed by atoms with Crippen LogP contribution < -0.4 is 4.90 Å². The number of benzene rings is 5. The average Bonchev–Trinajstić information content (AvgIpc) is 3.26. The third-order valence-corrected chi connectivity index (χ3v) is 10.5. The molecule has 0 spiro atoms. The summed E-state index contributed by atoms with van der Waals surface area (Å²) in [5, 5.41) is 0. The van der Waals surface area contributed by atoms with Crippen molar-refractivity contribution in [1.29, 1.82) is 0 Å². The van der Waals surface area contributed by atoms with Gasteiger partial charge >= 0.3 is 0 Å². The van der Waals surface area contributed by atoms with Crippen molar-refractivity contribution < 1.29 is 0 Å². The fourth-order valence-electron chi connectivity index (χ4n) is 8.36. The fourth-order valence-corrected chi connectivity index (χ4v) is 8.36. The molecule has 3 heterocycles. The summed E-state index contributed by atoms with van der Waals surface area (Å²) in [5.74, 6) is 0. The van der Waals surface area contributed by atoms with Gasteiger partial charge in [0.05, 0.1) is 22.8 Å². The molecule has 0 fully saturated rings. The van der Waals surface area contributed by atoms with Gasteiger partial charge in [-0.3, -0.25) is 9.98 Å². The molecule has 0 saturated carbocycles. The van der Waals surface area contributed by atoms with Crippen molar-refractivity contribution in [1.82, 2.24) is 4.98 Å². The summed E-state index contributed by atoms with van der Waals surface area (Å²) in [6.45, 7) is 9.92. The van der Waals surface area contributed by atoms with E-state index in [1.807, 2.05) is 12.3 Å². The minimum atomic E-state index is -0.152. The van der Waals surface area contributed by atoms with Crippen molar-refractivity contribution in [2.24, 2.45) is 4.99 Å². The number of pyridine rings is 1. The van der Waals surface area contributed by atoms with E-state index in [-0.39, 0.29) is 5.41 Å². The van der Waals surface area contributed by atoms with Gasteiger partial charge in [0.15, 0.2) is 0 Å². The maximum Gasteiger partial charge on any atom is 0.0732 e. The van der Waals surface area contributed by atoms with Crippen LogP contribution in [-0.4, -0.2) is 17.2 Å². The number of anilines is 3. The molecule has 5 aromatic carbocycles. The number of dihydropyridines is 1. The molecule has 0 saturated heterocycles. The molecule has 0 N–H and O–H groups in total. The predicted octanol–water partition coefficient (Wildman–Crippen LogP) is 11.6. The lowest BCUT2D eigenvalue weighted by Gasteiger charge is -2.29. The molecular formula is C45H37N3. The van der Waals surface area contributed by atoms with Crippen LogP contribution in [0.2, 0.25) is 0 Å². The van der Waals surface area contributed by atoms with Gasteiger partial charge in [-0.15, -0.1) is 0 Å². The molecule has 0 amide bonds. The zero-order chi connectivity index (χ0) is 32.6. The van der Waals surface area contributed by atoms with Gasteiger partial charge < -0.3 is 4.90 Å². The lowest BCUT2D eigenvalue weighted by molar-refractivity contribution is 0.662. The van der Waals surface area contributed by atoms with E-state index in [1.165, 1.54) is 55.8 Å². The summed E-state index contributed by atoms with van der Waals surface area (Å²) >= 11 is 0. The van der Waals surface area contributed by atoms with Crippen LogP contribution in [0.5, 0.6) is 0 Å². The monoisotopic (exact) mass is 619 g/mol. The van der Waals surface area contributed by atoms with Gasteiger partial charge in [0, 0.05) is 46.1 Å². The van der Waals surface area contributed by atoms with Gasteiger partial charge in [0.1, 0.15) is 0 Å². The van der Waals surface area contributed by atoms with Crippen LogP contribution in [0.4, 0.5) is 17.1 Å². The van der Waals surface area contributed by atoms with E-state index in [2.05, 4.69) is 148 Å². The summed E-state index contributed by atoms with van der Waals surface area (Å²) < 4.78 is 0. The number of nitrogens with zero attached hydrogens (tertiary/aromatic N) is 3. The number of aromatic nitrogens is 1. The van der Waals surface area contributed by atoms with Crippen molar-refractivity contribution in [2.45, 2.75) is 39.5 Å². The topological polar surface area (TPSA) is 28.5 Å². The van der Waals surface area contributed by atoms with Crippen LogP contribution in [0.1, 0.15) is 49.4 Å². The third kappa shape index (κ3) is 4.20. The molecule has 0 radical (unpaired) electrons. The maximum atomic E-state index is 5.05. The van der Waals surface area contributed by atoms with Crippen molar-refractivity contribution in [2.75, 3.05) is 11.4 Å². The average molecular weight is 620 g/mol. The third-order valence-electron chi connectivity index (χ3n) is 10.5. The molecule has 48 heavy (non-hydrogen) atoms. The second-order valence-corrected chi connectivity index (χ2v) is 13.8. The number of hydrogen-bond acceptors (Lipinski definition) is 3. The van der Waals surface area contributed by atoms with Gasteiger partial charge in [-0.25, -0.2) is 0 Å². The normalized spacial score (nSPS) is 15.3. The van der Waals surface area contributed by atoms with Crippen molar-refractivity contribution >= 4 is 22.8 Å². The lowest BCUT2D eigenvalue weighted by atomic mass is 9.76. The minimum absolute atomic E-state index is 0.152. The molecule has 3 heteroatoms. The minimum Gasteiger partial charge on any atom is -0.309 e. The van der Waals surface area contributed by atoms with Gasteiger partial charge in [-0.2, -0.15) is 0 Å². The lowest BCUT2D eigenvalue weighted by Crippen LogP contribution is -2.17. The summed E-state index contributed by atoms with van der Waals surface area (Å²) in [6, 6.07) is 42.6. The quantitative estimate of drug-likeness (QED) is 0.197. The Bertz CT molecular complexity index is 2360. The maximum absolute atomic E-state index is 5.05. The standard InChI is InChI=1S/C45H37N3/c1-28-13-11-23-46-43(28)30-25-31(44-29(2)14-12-24-47-44)27-32(26-30)48-39-19-9-6-16-34(39)35-21-22-36-33-15-5-8-18-38(33)45(3,4)42(36)41(35)37-17-7-10-20-40(37)48/h5-11,13-23,25-27H,12,24H2,1-4H3. The van der Waals surface area contributed by atoms with E-state index in [0.29, 0.717) is 0 Å². The number of para-hydroxylation sites is 2. The van der Waals surface area contributed by atoms with E-state index in [0.717, 1.165) is 52.4 Å². The zero-order valence-electron chi connectivity index (χ0n) is 27.9. The Kier molecular flexibility index (Phi) is 6.42. The largest absolute Gasteiger partial charge is 0.309 e. The highest BCUT2D eigenvalue weighted by Crippen LogP contribution is 2.59. The molecule has 3 aliphatic rings. The fraction of sp³-hybridized carbons (Fsp3) is 0.156. The highest BCUT2D eigenvalue weighted by molar-refractivity contribution is 6.14. The number of hydrogen-bond donors (Lipinski definition) is 0. The van der Waals surface area contributed by atoms with Crippen LogP contribution in [0, 0.1) is 6.92 Å². The van der Waals surface area contributed by atoms with Crippen LogP contribution in [0.3, 0.4) is 0 Å². The predicted molar refractivity (Wildman–Crippen MR) is 201 cm³/mol. The summed E-state index contributed by atoms with van der Waals surface area (Å²) in [6.07, 6.45) is 5.19. The summed E-state index contributed by atoms with van der Waals surface area (Å²) in [7, 11) is 0. The van der Waals surface area contributed by atoms with Gasteiger partial charge in [0.2, 0.25) is 0 Å². The highest BCUT2D eigenvalue weighted by atomic mass is 15.1. The summed E-state index contributed by atoms with van der Waals surface area (Å²) in [4.78, 5) is 12.4. The molecule has 0 unspecified atom stereocenters. The molecule has 6 aromatic rings. The Balaban J connectivity index is 1.36.